The molecule has 2 N–H and O–H groups in total. The standard InChI is InChI=1S/C14H26N2O3S/c1-11(2)10-20-9-3-6-15-14(19)16-7-4-12(5-8-16)13(17)18/h11-12H,3-10H2,1-2H3,(H,15,19)(H,17,18). The number of rotatable bonds is 7. The van der Waals surface area contributed by atoms with Gasteiger partial charge < -0.3 is 15.3 Å². The van der Waals surface area contributed by atoms with Gasteiger partial charge in [-0.05, 0) is 36.7 Å². The Morgan fingerprint density at radius 3 is 2.55 bits per heavy atom. The number of nitrogens with one attached hydrogen (secondary N) is 1. The molecule has 0 aromatic rings. The summed E-state index contributed by atoms with van der Waals surface area (Å²) in [4.78, 5) is 24.4. The Bertz CT molecular complexity index is 316. The van der Waals surface area contributed by atoms with Gasteiger partial charge in [-0.2, -0.15) is 11.8 Å². The number of piperidine rings is 1. The number of thioether (sulfide) groups is 1. The highest BCUT2D eigenvalue weighted by atomic mass is 32.2. The summed E-state index contributed by atoms with van der Waals surface area (Å²) in [6, 6.07) is -0.0531. The molecule has 0 radical (unpaired) electrons. The fourth-order valence-corrected chi connectivity index (χ4v) is 3.12. The Balaban J connectivity index is 2.07. The van der Waals surface area contributed by atoms with Crippen LogP contribution in [0.2, 0.25) is 0 Å². The van der Waals surface area contributed by atoms with Crippen LogP contribution in [-0.4, -0.2) is 53.1 Å². The van der Waals surface area contributed by atoms with Crippen molar-refractivity contribution in [2.24, 2.45) is 11.8 Å². The average molecular weight is 302 g/mol. The second kappa shape index (κ2) is 9.10. The van der Waals surface area contributed by atoms with E-state index in [2.05, 4.69) is 19.2 Å². The zero-order valence-corrected chi connectivity index (χ0v) is 13.2. The lowest BCUT2D eigenvalue weighted by Gasteiger charge is -2.30. The number of carbonyl (C=O) groups excluding carboxylic acids is 1. The number of aliphatic carboxylic acids is 1. The van der Waals surface area contributed by atoms with Gasteiger partial charge in [0.1, 0.15) is 0 Å². The number of carboxylic acid groups (broad SMARTS) is 1. The Labute approximate surface area is 125 Å². The van der Waals surface area contributed by atoms with E-state index in [0.717, 1.165) is 17.9 Å². The summed E-state index contributed by atoms with van der Waals surface area (Å²) in [5.41, 5.74) is 0. The van der Waals surface area contributed by atoms with Crippen LogP contribution in [0.15, 0.2) is 0 Å². The van der Waals surface area contributed by atoms with E-state index in [1.54, 1.807) is 4.90 Å². The van der Waals surface area contributed by atoms with Crippen molar-refractivity contribution in [2.75, 3.05) is 31.1 Å². The van der Waals surface area contributed by atoms with E-state index in [9.17, 15) is 9.59 Å². The normalized spacial score (nSPS) is 16.4. The summed E-state index contributed by atoms with van der Waals surface area (Å²) < 4.78 is 0. The zero-order valence-electron chi connectivity index (χ0n) is 12.4. The number of urea groups is 1. The van der Waals surface area contributed by atoms with Gasteiger partial charge in [0, 0.05) is 19.6 Å². The fraction of sp³-hybridized carbons (Fsp3) is 0.857. The number of hydrogen-bond acceptors (Lipinski definition) is 3. The molecule has 1 aliphatic rings. The maximum atomic E-state index is 11.9. The van der Waals surface area contributed by atoms with Crippen molar-refractivity contribution < 1.29 is 14.7 Å². The molecular formula is C14H26N2O3S. The van der Waals surface area contributed by atoms with Gasteiger partial charge in [-0.15, -0.1) is 0 Å². The third-order valence-electron chi connectivity index (χ3n) is 3.32. The van der Waals surface area contributed by atoms with Crippen molar-refractivity contribution in [3.63, 3.8) is 0 Å². The molecule has 0 unspecified atom stereocenters. The summed E-state index contributed by atoms with van der Waals surface area (Å²) in [7, 11) is 0. The highest BCUT2D eigenvalue weighted by Crippen LogP contribution is 2.17. The van der Waals surface area contributed by atoms with Crippen LogP contribution in [0.4, 0.5) is 4.79 Å². The number of carboxylic acids is 1. The summed E-state index contributed by atoms with van der Waals surface area (Å²) in [6.07, 6.45) is 2.11. The molecule has 0 aliphatic carbocycles. The van der Waals surface area contributed by atoms with E-state index in [0.29, 0.717) is 38.4 Å². The summed E-state index contributed by atoms with van der Waals surface area (Å²) in [6.45, 7) is 6.20. The third-order valence-corrected chi connectivity index (χ3v) is 4.80. The van der Waals surface area contributed by atoms with Crippen molar-refractivity contribution >= 4 is 23.8 Å². The van der Waals surface area contributed by atoms with E-state index in [1.807, 2.05) is 11.8 Å². The smallest absolute Gasteiger partial charge is 0.317 e. The number of nitrogens with zero attached hydrogens (tertiary/aromatic N) is 1. The van der Waals surface area contributed by atoms with E-state index >= 15 is 0 Å². The first-order valence-corrected chi connectivity index (χ1v) is 8.49. The van der Waals surface area contributed by atoms with Gasteiger partial charge in [0.15, 0.2) is 0 Å². The van der Waals surface area contributed by atoms with Crippen LogP contribution in [0, 0.1) is 11.8 Å². The summed E-state index contributed by atoms with van der Waals surface area (Å²) in [5.74, 6) is 1.92. The van der Waals surface area contributed by atoms with Crippen molar-refractivity contribution in [1.82, 2.24) is 10.2 Å². The molecule has 1 rings (SSSR count). The van der Waals surface area contributed by atoms with Gasteiger partial charge in [0.2, 0.25) is 0 Å². The first-order valence-electron chi connectivity index (χ1n) is 7.34. The van der Waals surface area contributed by atoms with Crippen molar-refractivity contribution in [3.05, 3.63) is 0 Å². The lowest BCUT2D eigenvalue weighted by atomic mass is 9.97. The van der Waals surface area contributed by atoms with Crippen LogP contribution in [0.1, 0.15) is 33.1 Å². The third kappa shape index (κ3) is 6.50. The number of hydrogen-bond donors (Lipinski definition) is 2. The van der Waals surface area contributed by atoms with Gasteiger partial charge in [-0.25, -0.2) is 4.79 Å². The minimum atomic E-state index is -0.743. The summed E-state index contributed by atoms with van der Waals surface area (Å²) in [5, 5.41) is 11.8. The predicted molar refractivity (Wildman–Crippen MR) is 82.1 cm³/mol. The quantitative estimate of drug-likeness (QED) is 0.708. The Morgan fingerprint density at radius 2 is 2.00 bits per heavy atom. The molecule has 1 fully saturated rings. The van der Waals surface area contributed by atoms with E-state index < -0.39 is 5.97 Å². The van der Waals surface area contributed by atoms with Crippen molar-refractivity contribution in [3.8, 4) is 0 Å². The largest absolute Gasteiger partial charge is 0.481 e. The highest BCUT2D eigenvalue weighted by Gasteiger charge is 2.26. The fourth-order valence-electron chi connectivity index (χ4n) is 2.13. The average Bonchev–Trinajstić information content (AvgIpc) is 2.42. The maximum absolute atomic E-state index is 11.9. The monoisotopic (exact) mass is 302 g/mol. The molecule has 0 spiro atoms. The first kappa shape index (κ1) is 17.1. The second-order valence-corrected chi connectivity index (χ2v) is 6.80. The summed E-state index contributed by atoms with van der Waals surface area (Å²) >= 11 is 1.92. The molecule has 0 saturated carbocycles. The van der Waals surface area contributed by atoms with Gasteiger partial charge in [-0.3, -0.25) is 4.79 Å². The van der Waals surface area contributed by atoms with E-state index in [-0.39, 0.29) is 11.9 Å². The molecule has 116 valence electrons. The molecule has 5 nitrogen and oxygen atoms in total. The Hall–Kier alpha value is -0.910. The minimum absolute atomic E-state index is 0.0531. The topological polar surface area (TPSA) is 69.6 Å². The highest BCUT2D eigenvalue weighted by molar-refractivity contribution is 7.99. The predicted octanol–water partition coefficient (Wildman–Crippen LogP) is 2.27. The van der Waals surface area contributed by atoms with Crippen LogP contribution >= 0.6 is 11.8 Å². The Morgan fingerprint density at radius 1 is 1.35 bits per heavy atom. The molecule has 1 heterocycles. The van der Waals surface area contributed by atoms with Crippen molar-refractivity contribution in [1.29, 1.82) is 0 Å². The van der Waals surface area contributed by atoms with Gasteiger partial charge in [0.25, 0.3) is 0 Å². The molecule has 2 amide bonds. The van der Waals surface area contributed by atoms with Gasteiger partial charge in [0.05, 0.1) is 5.92 Å². The molecule has 20 heavy (non-hydrogen) atoms. The molecular weight excluding hydrogens is 276 g/mol. The van der Waals surface area contributed by atoms with Crippen LogP contribution in [0.5, 0.6) is 0 Å². The molecule has 1 aliphatic heterocycles. The molecule has 0 bridgehead atoms. The zero-order chi connectivity index (χ0) is 15.0. The van der Waals surface area contributed by atoms with E-state index in [1.165, 1.54) is 0 Å². The van der Waals surface area contributed by atoms with Gasteiger partial charge in [-0.1, -0.05) is 13.8 Å². The van der Waals surface area contributed by atoms with Gasteiger partial charge >= 0.3 is 12.0 Å². The van der Waals surface area contributed by atoms with Crippen LogP contribution in [0.25, 0.3) is 0 Å². The minimum Gasteiger partial charge on any atom is -0.481 e. The lowest BCUT2D eigenvalue weighted by molar-refractivity contribution is -0.143. The second-order valence-electron chi connectivity index (χ2n) is 5.65. The molecule has 0 atom stereocenters. The first-order chi connectivity index (χ1) is 9.50. The number of carbonyl (C=O) groups is 2. The van der Waals surface area contributed by atoms with Crippen LogP contribution in [-0.2, 0) is 4.79 Å². The lowest BCUT2D eigenvalue weighted by Crippen LogP contribution is -2.45. The molecule has 1 saturated heterocycles. The maximum Gasteiger partial charge on any atom is 0.317 e. The number of likely N-dealkylation sites (tertiary alicyclic amines) is 1. The van der Waals surface area contributed by atoms with Crippen molar-refractivity contribution in [2.45, 2.75) is 33.1 Å². The van der Waals surface area contributed by atoms with Crippen LogP contribution < -0.4 is 5.32 Å². The Kier molecular flexibility index (Phi) is 7.80. The molecule has 6 heteroatoms. The molecule has 0 aromatic carbocycles. The number of amides is 2. The SMILES string of the molecule is CC(C)CSCCCNC(=O)N1CCC(C(=O)O)CC1. The van der Waals surface area contributed by atoms with E-state index in [4.69, 9.17) is 5.11 Å². The molecule has 0 aromatic heterocycles. The van der Waals surface area contributed by atoms with Crippen LogP contribution in [0.3, 0.4) is 0 Å².